The Balaban J connectivity index is 2.13. The van der Waals surface area contributed by atoms with Crippen molar-refractivity contribution in [2.75, 3.05) is 46.6 Å². The molecule has 1 aliphatic rings. The first-order valence-electron chi connectivity index (χ1n) is 8.76. The molecule has 1 atom stereocenters. The number of aryl methyl sites for hydroxylation is 1. The van der Waals surface area contributed by atoms with Crippen molar-refractivity contribution in [1.29, 1.82) is 0 Å². The van der Waals surface area contributed by atoms with E-state index in [4.69, 9.17) is 14.2 Å². The molecule has 1 heterocycles. The summed E-state index contributed by atoms with van der Waals surface area (Å²) in [4.78, 5) is 14.4. The Morgan fingerprint density at radius 3 is 2.60 bits per heavy atom. The summed E-state index contributed by atoms with van der Waals surface area (Å²) in [5, 5.41) is 10.3. The molecule has 1 saturated heterocycles. The maximum absolute atomic E-state index is 12.2. The van der Waals surface area contributed by atoms with Crippen LogP contribution in [0.2, 0.25) is 0 Å². The fourth-order valence-electron chi connectivity index (χ4n) is 2.98. The van der Waals surface area contributed by atoms with E-state index in [0.717, 1.165) is 24.2 Å². The SMILES string of the molecule is COC(=O)c1c(C)ccc(C(C)C)c1OCC(O)CN1CCOCC1. The molecular weight excluding hydrogens is 322 g/mol. The van der Waals surface area contributed by atoms with Crippen LogP contribution in [-0.4, -0.2) is 68.6 Å². The van der Waals surface area contributed by atoms with Crippen LogP contribution >= 0.6 is 0 Å². The molecule has 1 unspecified atom stereocenters. The molecule has 0 radical (unpaired) electrons. The zero-order chi connectivity index (χ0) is 18.4. The number of morpholine rings is 1. The quantitative estimate of drug-likeness (QED) is 0.758. The zero-order valence-electron chi connectivity index (χ0n) is 15.6. The van der Waals surface area contributed by atoms with Crippen LogP contribution in [0.5, 0.6) is 5.75 Å². The molecule has 1 N–H and O–H groups in total. The van der Waals surface area contributed by atoms with Gasteiger partial charge in [0, 0.05) is 19.6 Å². The van der Waals surface area contributed by atoms with Crippen LogP contribution < -0.4 is 4.74 Å². The van der Waals surface area contributed by atoms with Gasteiger partial charge in [-0.25, -0.2) is 4.79 Å². The summed E-state index contributed by atoms with van der Waals surface area (Å²) in [6.45, 7) is 9.60. The van der Waals surface area contributed by atoms with Gasteiger partial charge in [-0.1, -0.05) is 26.0 Å². The third-order valence-electron chi connectivity index (χ3n) is 4.40. The van der Waals surface area contributed by atoms with Gasteiger partial charge in [-0.3, -0.25) is 4.90 Å². The first-order chi connectivity index (χ1) is 11.9. The Morgan fingerprint density at radius 1 is 1.32 bits per heavy atom. The Hall–Kier alpha value is -1.63. The maximum atomic E-state index is 12.2. The number of hydrogen-bond donors (Lipinski definition) is 1. The minimum Gasteiger partial charge on any atom is -0.490 e. The van der Waals surface area contributed by atoms with Crippen LogP contribution in [0.25, 0.3) is 0 Å². The van der Waals surface area contributed by atoms with Gasteiger partial charge in [-0.2, -0.15) is 0 Å². The van der Waals surface area contributed by atoms with Crippen LogP contribution in [0.1, 0.15) is 41.3 Å². The molecule has 1 aromatic carbocycles. The van der Waals surface area contributed by atoms with Gasteiger partial charge in [-0.05, 0) is 24.0 Å². The average molecular weight is 351 g/mol. The van der Waals surface area contributed by atoms with E-state index in [-0.39, 0.29) is 12.5 Å². The highest BCUT2D eigenvalue weighted by molar-refractivity contribution is 5.94. The number of carbonyl (C=O) groups excluding carboxylic acids is 1. The highest BCUT2D eigenvalue weighted by Gasteiger charge is 2.23. The molecule has 140 valence electrons. The minimum absolute atomic E-state index is 0.129. The summed E-state index contributed by atoms with van der Waals surface area (Å²) >= 11 is 0. The second-order valence-electron chi connectivity index (χ2n) is 6.70. The number of methoxy groups -OCH3 is 1. The van der Waals surface area contributed by atoms with Crippen molar-refractivity contribution in [2.24, 2.45) is 0 Å². The summed E-state index contributed by atoms with van der Waals surface area (Å²) in [6, 6.07) is 3.87. The van der Waals surface area contributed by atoms with Gasteiger partial charge in [0.05, 0.1) is 20.3 Å². The van der Waals surface area contributed by atoms with Gasteiger partial charge in [0.1, 0.15) is 24.0 Å². The lowest BCUT2D eigenvalue weighted by molar-refractivity contribution is 0.00434. The topological polar surface area (TPSA) is 68.2 Å². The summed E-state index contributed by atoms with van der Waals surface area (Å²) in [5.74, 6) is 0.288. The van der Waals surface area contributed by atoms with Crippen LogP contribution in [0.15, 0.2) is 12.1 Å². The molecule has 0 amide bonds. The molecule has 0 aliphatic carbocycles. The molecule has 2 rings (SSSR count). The predicted octanol–water partition coefficient (Wildman–Crippen LogP) is 1.98. The van der Waals surface area contributed by atoms with E-state index in [2.05, 4.69) is 4.90 Å². The van der Waals surface area contributed by atoms with E-state index in [9.17, 15) is 9.90 Å². The van der Waals surface area contributed by atoms with Crippen LogP contribution in [0.4, 0.5) is 0 Å². The van der Waals surface area contributed by atoms with E-state index in [1.165, 1.54) is 7.11 Å². The third kappa shape index (κ3) is 5.17. The fraction of sp³-hybridized carbons (Fsp3) is 0.632. The van der Waals surface area contributed by atoms with Gasteiger partial charge >= 0.3 is 5.97 Å². The number of nitrogens with zero attached hydrogens (tertiary/aromatic N) is 1. The largest absolute Gasteiger partial charge is 0.490 e. The van der Waals surface area contributed by atoms with Gasteiger partial charge in [0.2, 0.25) is 0 Å². The maximum Gasteiger partial charge on any atom is 0.341 e. The highest BCUT2D eigenvalue weighted by atomic mass is 16.5. The van der Waals surface area contributed by atoms with Crippen molar-refractivity contribution >= 4 is 5.97 Å². The normalized spacial score (nSPS) is 16.7. The molecule has 1 aliphatic heterocycles. The Kier molecular flexibility index (Phi) is 7.23. The van der Waals surface area contributed by atoms with E-state index in [0.29, 0.717) is 31.1 Å². The predicted molar refractivity (Wildman–Crippen MR) is 95.4 cm³/mol. The van der Waals surface area contributed by atoms with Gasteiger partial charge in [-0.15, -0.1) is 0 Å². The third-order valence-corrected chi connectivity index (χ3v) is 4.40. The Morgan fingerprint density at radius 2 is 2.00 bits per heavy atom. The first kappa shape index (κ1) is 19.7. The lowest BCUT2D eigenvalue weighted by atomic mass is 9.96. The van der Waals surface area contributed by atoms with E-state index < -0.39 is 12.1 Å². The van der Waals surface area contributed by atoms with Crippen LogP contribution in [0.3, 0.4) is 0 Å². The number of aliphatic hydroxyl groups is 1. The number of β-amino-alcohol motifs (C(OH)–C–C–N with tert-alkyl or cyclic N) is 1. The second-order valence-corrected chi connectivity index (χ2v) is 6.70. The standard InChI is InChI=1S/C19H29NO5/c1-13(2)16-6-5-14(3)17(19(22)23-4)18(16)25-12-15(21)11-20-7-9-24-10-8-20/h5-6,13,15,21H,7-12H2,1-4H3. The number of benzene rings is 1. The number of rotatable bonds is 7. The van der Waals surface area contributed by atoms with Crippen molar-refractivity contribution < 1.29 is 24.1 Å². The Labute approximate surface area is 149 Å². The molecule has 6 heteroatoms. The van der Waals surface area contributed by atoms with Crippen molar-refractivity contribution in [3.05, 3.63) is 28.8 Å². The van der Waals surface area contributed by atoms with Crippen molar-refractivity contribution in [3.63, 3.8) is 0 Å². The number of hydrogen-bond acceptors (Lipinski definition) is 6. The van der Waals surface area contributed by atoms with Crippen LogP contribution in [-0.2, 0) is 9.47 Å². The van der Waals surface area contributed by atoms with Crippen molar-refractivity contribution in [3.8, 4) is 5.75 Å². The number of carbonyl (C=O) groups is 1. The molecule has 6 nitrogen and oxygen atoms in total. The van der Waals surface area contributed by atoms with Gasteiger partial charge in [0.25, 0.3) is 0 Å². The summed E-state index contributed by atoms with van der Waals surface area (Å²) in [6.07, 6.45) is -0.635. The summed E-state index contributed by atoms with van der Waals surface area (Å²) in [7, 11) is 1.36. The molecule has 0 saturated carbocycles. The highest BCUT2D eigenvalue weighted by Crippen LogP contribution is 2.33. The van der Waals surface area contributed by atoms with Crippen LogP contribution in [0, 0.1) is 6.92 Å². The van der Waals surface area contributed by atoms with Gasteiger partial charge < -0.3 is 19.3 Å². The fourth-order valence-corrected chi connectivity index (χ4v) is 2.98. The Bertz CT molecular complexity index is 581. The lowest BCUT2D eigenvalue weighted by Crippen LogP contribution is -2.42. The lowest BCUT2D eigenvalue weighted by Gasteiger charge is -2.28. The molecule has 1 fully saturated rings. The van der Waals surface area contributed by atoms with E-state index in [1.54, 1.807) is 0 Å². The average Bonchev–Trinajstić information content (AvgIpc) is 2.59. The first-order valence-corrected chi connectivity index (χ1v) is 8.76. The molecular formula is C19H29NO5. The smallest absolute Gasteiger partial charge is 0.341 e. The van der Waals surface area contributed by atoms with Crippen molar-refractivity contribution in [1.82, 2.24) is 4.90 Å². The number of ether oxygens (including phenoxy) is 3. The van der Waals surface area contributed by atoms with Gasteiger partial charge in [0.15, 0.2) is 0 Å². The second kappa shape index (κ2) is 9.17. The number of esters is 1. The van der Waals surface area contributed by atoms with Crippen molar-refractivity contribution in [2.45, 2.75) is 32.8 Å². The van der Waals surface area contributed by atoms with E-state index in [1.807, 2.05) is 32.9 Å². The molecule has 0 spiro atoms. The molecule has 0 aromatic heterocycles. The molecule has 0 bridgehead atoms. The monoisotopic (exact) mass is 351 g/mol. The summed E-state index contributed by atoms with van der Waals surface area (Å²) < 4.78 is 16.2. The molecule has 25 heavy (non-hydrogen) atoms. The minimum atomic E-state index is -0.635. The summed E-state index contributed by atoms with van der Waals surface area (Å²) in [5.41, 5.74) is 2.17. The zero-order valence-corrected chi connectivity index (χ0v) is 15.6. The van der Waals surface area contributed by atoms with E-state index >= 15 is 0 Å². The molecule has 1 aromatic rings. The number of aliphatic hydroxyl groups excluding tert-OH is 1.